The molecule has 2 aromatic carbocycles. The minimum atomic E-state index is -5.08. The number of anilines is 1. The number of carbonyl (C=O) groups is 4. The molecule has 240 valence electrons. The molecule has 14 heteroatoms. The fourth-order valence-corrected chi connectivity index (χ4v) is 5.23. The number of hydrogen-bond acceptors (Lipinski definition) is 5. The molecule has 2 fully saturated rings. The summed E-state index contributed by atoms with van der Waals surface area (Å²) in [6, 6.07) is 13.6. The van der Waals surface area contributed by atoms with Crippen molar-refractivity contribution < 1.29 is 41.8 Å². The number of nitrogens with zero attached hydrogens (tertiary/aromatic N) is 4. The van der Waals surface area contributed by atoms with Gasteiger partial charge in [-0.3, -0.25) is 19.3 Å². The number of piperidine rings is 1. The zero-order valence-electron chi connectivity index (χ0n) is 24.2. The van der Waals surface area contributed by atoms with Gasteiger partial charge in [-0.2, -0.15) is 13.2 Å². The zero-order chi connectivity index (χ0) is 32.4. The Morgan fingerprint density at radius 3 is 2.20 bits per heavy atom. The van der Waals surface area contributed by atoms with Gasteiger partial charge < -0.3 is 19.8 Å². The highest BCUT2D eigenvalue weighted by atomic mass is 35.5. The molecule has 0 atom stereocenters. The van der Waals surface area contributed by atoms with Gasteiger partial charge >= 0.3 is 12.1 Å². The first-order chi connectivity index (χ1) is 20.7. The molecule has 4 rings (SSSR count). The topological polar surface area (TPSA) is 101 Å². The van der Waals surface area contributed by atoms with Crippen molar-refractivity contribution in [1.29, 1.82) is 0 Å². The van der Waals surface area contributed by atoms with E-state index in [2.05, 4.69) is 4.90 Å². The maximum atomic E-state index is 13.5. The van der Waals surface area contributed by atoms with E-state index >= 15 is 0 Å². The van der Waals surface area contributed by atoms with Crippen molar-refractivity contribution in [3.8, 4) is 0 Å². The third-order valence-corrected chi connectivity index (χ3v) is 7.69. The van der Waals surface area contributed by atoms with Crippen molar-refractivity contribution in [2.24, 2.45) is 5.92 Å². The second-order valence-electron chi connectivity index (χ2n) is 10.6. The van der Waals surface area contributed by atoms with Crippen LogP contribution in [-0.4, -0.2) is 95.5 Å². The third kappa shape index (κ3) is 10.5. The zero-order valence-corrected chi connectivity index (χ0v) is 25.0. The highest BCUT2D eigenvalue weighted by molar-refractivity contribution is 6.30. The van der Waals surface area contributed by atoms with Crippen LogP contribution >= 0.6 is 11.6 Å². The first-order valence-electron chi connectivity index (χ1n) is 14.1. The molecule has 2 heterocycles. The smallest absolute Gasteiger partial charge is 0.475 e. The van der Waals surface area contributed by atoms with Gasteiger partial charge in [-0.1, -0.05) is 29.8 Å². The van der Waals surface area contributed by atoms with Gasteiger partial charge in [0.05, 0.1) is 6.54 Å². The van der Waals surface area contributed by atoms with Gasteiger partial charge in [0.2, 0.25) is 17.7 Å². The number of carboxylic acids is 1. The number of amides is 3. The highest BCUT2D eigenvalue weighted by Crippen LogP contribution is 2.26. The standard InChI is InChI=1S/C28H34ClFN4O3.C2HF3O2/c1-21(35)32-14-10-23(11-15-32)28(37)34(26-5-2-4-24(29)18-26)13-3-12-31-16-17-33(27(36)20-31)19-22-6-8-25(30)9-7-22;3-2(4,5)1(6)7/h2,4-9,18,23H,3,10-17,19-20H2,1H3;(H,6,7). The van der Waals surface area contributed by atoms with E-state index in [0.717, 1.165) is 24.2 Å². The van der Waals surface area contributed by atoms with Crippen LogP contribution in [0.1, 0.15) is 31.7 Å². The van der Waals surface area contributed by atoms with Crippen LogP contribution in [0.25, 0.3) is 0 Å². The van der Waals surface area contributed by atoms with Crippen molar-refractivity contribution in [3.05, 3.63) is 64.9 Å². The lowest BCUT2D eigenvalue weighted by molar-refractivity contribution is -0.192. The molecule has 0 aromatic heterocycles. The molecule has 0 spiro atoms. The van der Waals surface area contributed by atoms with Crippen molar-refractivity contribution in [1.82, 2.24) is 14.7 Å². The number of benzene rings is 2. The second-order valence-corrected chi connectivity index (χ2v) is 11.1. The number of rotatable bonds is 8. The molecule has 2 aromatic rings. The van der Waals surface area contributed by atoms with E-state index in [1.165, 1.54) is 12.1 Å². The van der Waals surface area contributed by atoms with Crippen LogP contribution in [0.4, 0.5) is 23.2 Å². The summed E-state index contributed by atoms with van der Waals surface area (Å²) in [6.45, 7) is 6.15. The van der Waals surface area contributed by atoms with E-state index in [1.54, 1.807) is 34.9 Å². The van der Waals surface area contributed by atoms with Crippen LogP contribution in [0.3, 0.4) is 0 Å². The summed E-state index contributed by atoms with van der Waals surface area (Å²) in [5, 5.41) is 7.70. The molecule has 1 N–H and O–H groups in total. The molecular weight excluding hydrogens is 608 g/mol. The van der Waals surface area contributed by atoms with Crippen LogP contribution in [0, 0.1) is 11.7 Å². The predicted molar refractivity (Wildman–Crippen MR) is 155 cm³/mol. The fourth-order valence-electron chi connectivity index (χ4n) is 5.05. The lowest BCUT2D eigenvalue weighted by atomic mass is 9.94. The Kier molecular flexibility index (Phi) is 12.5. The fraction of sp³-hybridized carbons (Fsp3) is 0.467. The maximum Gasteiger partial charge on any atom is 0.490 e. The maximum absolute atomic E-state index is 13.5. The van der Waals surface area contributed by atoms with Crippen LogP contribution in [0.5, 0.6) is 0 Å². The summed E-state index contributed by atoms with van der Waals surface area (Å²) >= 11 is 6.23. The Morgan fingerprint density at radius 2 is 1.66 bits per heavy atom. The Morgan fingerprint density at radius 1 is 1.02 bits per heavy atom. The SMILES string of the molecule is CC(=O)N1CCC(C(=O)N(CCCN2CCN(Cc3ccc(F)cc3)C(=O)C2)c2cccc(Cl)c2)CC1.O=C(O)C(F)(F)F. The summed E-state index contributed by atoms with van der Waals surface area (Å²) in [7, 11) is 0. The minimum Gasteiger partial charge on any atom is -0.475 e. The van der Waals surface area contributed by atoms with E-state index < -0.39 is 12.1 Å². The van der Waals surface area contributed by atoms with Gasteiger partial charge in [0.25, 0.3) is 0 Å². The van der Waals surface area contributed by atoms with Crippen molar-refractivity contribution in [2.75, 3.05) is 50.7 Å². The van der Waals surface area contributed by atoms with Gasteiger partial charge in [-0.25, -0.2) is 9.18 Å². The molecule has 0 saturated carbocycles. The number of carbonyl (C=O) groups excluding carboxylic acids is 3. The molecule has 0 unspecified atom stereocenters. The minimum absolute atomic E-state index is 0.0462. The Hall–Kier alpha value is -3.71. The van der Waals surface area contributed by atoms with E-state index in [4.69, 9.17) is 21.5 Å². The largest absolute Gasteiger partial charge is 0.490 e. The summed E-state index contributed by atoms with van der Waals surface area (Å²) in [4.78, 5) is 54.4. The molecule has 0 bridgehead atoms. The summed E-state index contributed by atoms with van der Waals surface area (Å²) in [6.07, 6.45) is -3.06. The number of carboxylic acid groups (broad SMARTS) is 1. The number of likely N-dealkylation sites (tertiary alicyclic amines) is 1. The Labute approximate surface area is 257 Å². The average molecular weight is 643 g/mol. The van der Waals surface area contributed by atoms with Gasteiger partial charge in [-0.05, 0) is 55.2 Å². The van der Waals surface area contributed by atoms with Crippen molar-refractivity contribution >= 4 is 41.0 Å². The average Bonchev–Trinajstić information content (AvgIpc) is 2.97. The van der Waals surface area contributed by atoms with Gasteiger partial charge in [-0.15, -0.1) is 0 Å². The van der Waals surface area contributed by atoms with Crippen LogP contribution in [0.2, 0.25) is 5.02 Å². The van der Waals surface area contributed by atoms with E-state index in [9.17, 15) is 31.9 Å². The number of alkyl halides is 3. The quantitative estimate of drug-likeness (QED) is 0.428. The monoisotopic (exact) mass is 642 g/mol. The molecule has 2 aliphatic heterocycles. The van der Waals surface area contributed by atoms with Crippen LogP contribution in [-0.2, 0) is 25.7 Å². The summed E-state index contributed by atoms with van der Waals surface area (Å²) in [5.74, 6) is -3.02. The molecule has 0 radical (unpaired) electrons. The third-order valence-electron chi connectivity index (χ3n) is 7.46. The lowest BCUT2D eigenvalue weighted by Gasteiger charge is -2.36. The normalized spacial score (nSPS) is 16.3. The Balaban J connectivity index is 0.000000676. The van der Waals surface area contributed by atoms with Crippen molar-refractivity contribution in [3.63, 3.8) is 0 Å². The summed E-state index contributed by atoms with van der Waals surface area (Å²) in [5.41, 5.74) is 1.68. The van der Waals surface area contributed by atoms with E-state index in [0.29, 0.717) is 63.7 Å². The van der Waals surface area contributed by atoms with Gasteiger partial charge in [0, 0.05) is 69.4 Å². The van der Waals surface area contributed by atoms with Crippen LogP contribution in [0.15, 0.2) is 48.5 Å². The lowest BCUT2D eigenvalue weighted by Crippen LogP contribution is -2.50. The number of halogens is 5. The van der Waals surface area contributed by atoms with Crippen LogP contribution < -0.4 is 4.90 Å². The van der Waals surface area contributed by atoms with Gasteiger partial charge in [0.1, 0.15) is 5.82 Å². The second kappa shape index (κ2) is 15.8. The highest BCUT2D eigenvalue weighted by Gasteiger charge is 2.38. The first-order valence-corrected chi connectivity index (χ1v) is 14.5. The predicted octanol–water partition coefficient (Wildman–Crippen LogP) is 4.44. The molecule has 2 aliphatic rings. The molecule has 9 nitrogen and oxygen atoms in total. The molecule has 44 heavy (non-hydrogen) atoms. The number of hydrogen-bond donors (Lipinski definition) is 1. The molecule has 0 aliphatic carbocycles. The van der Waals surface area contributed by atoms with Gasteiger partial charge in [0.15, 0.2) is 0 Å². The molecular formula is C30H35ClF4N4O5. The first kappa shape index (κ1) is 34.8. The van der Waals surface area contributed by atoms with E-state index in [1.807, 2.05) is 23.1 Å². The Bertz CT molecular complexity index is 1300. The summed E-state index contributed by atoms with van der Waals surface area (Å²) < 4.78 is 44.9. The van der Waals surface area contributed by atoms with Crippen molar-refractivity contribution in [2.45, 2.75) is 38.9 Å². The number of aliphatic carboxylic acids is 1. The van der Waals surface area contributed by atoms with E-state index in [-0.39, 0.29) is 29.5 Å². The number of piperazine rings is 1. The molecule has 3 amide bonds. The molecule has 2 saturated heterocycles.